The van der Waals surface area contributed by atoms with Crippen molar-refractivity contribution in [2.45, 2.75) is 33.2 Å². The van der Waals surface area contributed by atoms with E-state index in [9.17, 15) is 9.59 Å². The number of carbonyl (C=O) groups is 2. The highest BCUT2D eigenvalue weighted by molar-refractivity contribution is 7.09. The summed E-state index contributed by atoms with van der Waals surface area (Å²) in [6.45, 7) is 5.35. The lowest BCUT2D eigenvalue weighted by Gasteiger charge is -2.28. The van der Waals surface area contributed by atoms with Crippen LogP contribution < -0.4 is 5.01 Å². The van der Waals surface area contributed by atoms with Gasteiger partial charge in [-0.2, -0.15) is 5.10 Å². The van der Waals surface area contributed by atoms with Gasteiger partial charge in [0, 0.05) is 31.4 Å². The molecule has 1 aliphatic heterocycles. The van der Waals surface area contributed by atoms with Crippen LogP contribution in [0.25, 0.3) is 0 Å². The maximum absolute atomic E-state index is 13.2. The number of nitrogens with zero attached hydrogens (tertiary/aromatic N) is 3. The van der Waals surface area contributed by atoms with Gasteiger partial charge in [0.25, 0.3) is 5.91 Å². The van der Waals surface area contributed by atoms with E-state index in [1.54, 1.807) is 23.3 Å². The molecule has 1 aromatic heterocycles. The van der Waals surface area contributed by atoms with E-state index in [1.807, 2.05) is 49.6 Å². The first-order valence-corrected chi connectivity index (χ1v) is 10.2. The zero-order valence-electron chi connectivity index (χ0n) is 16.5. The van der Waals surface area contributed by atoms with Gasteiger partial charge >= 0.3 is 0 Å². The molecule has 148 valence electrons. The number of ether oxygens (including phenoxy) is 1. The molecular formula is C21H25N3O3S. The largest absolute Gasteiger partial charge is 0.383 e. The molecule has 0 fully saturated rings. The monoisotopic (exact) mass is 399 g/mol. The molecule has 7 heteroatoms. The number of thiophene rings is 1. The number of hydrogen-bond donors (Lipinski definition) is 0. The molecule has 1 aromatic carbocycles. The van der Waals surface area contributed by atoms with Crippen molar-refractivity contribution in [1.29, 1.82) is 0 Å². The van der Waals surface area contributed by atoms with Crippen molar-refractivity contribution in [1.82, 2.24) is 4.90 Å². The van der Waals surface area contributed by atoms with E-state index in [-0.39, 0.29) is 18.2 Å². The van der Waals surface area contributed by atoms with Crippen molar-refractivity contribution >= 4 is 34.6 Å². The van der Waals surface area contributed by atoms with Crippen LogP contribution in [0.15, 0.2) is 40.8 Å². The lowest BCUT2D eigenvalue weighted by atomic mass is 10.1. The highest BCUT2D eigenvalue weighted by Gasteiger charge is 2.29. The Balaban J connectivity index is 1.87. The molecule has 0 aliphatic carbocycles. The predicted molar refractivity (Wildman–Crippen MR) is 112 cm³/mol. The van der Waals surface area contributed by atoms with Gasteiger partial charge in [0.2, 0.25) is 5.91 Å². The first kappa shape index (κ1) is 20.2. The maximum atomic E-state index is 13.2. The fourth-order valence-electron chi connectivity index (χ4n) is 3.07. The number of aryl methyl sites for hydroxylation is 2. The normalized spacial score (nSPS) is 14.2. The number of methoxy groups -OCH3 is 1. The summed E-state index contributed by atoms with van der Waals surface area (Å²) < 4.78 is 5.17. The summed E-state index contributed by atoms with van der Waals surface area (Å²) in [6.07, 6.45) is 0.627. The molecule has 0 atom stereocenters. The van der Waals surface area contributed by atoms with Crippen LogP contribution >= 0.6 is 11.3 Å². The molecule has 2 amide bonds. The zero-order valence-corrected chi connectivity index (χ0v) is 17.3. The minimum atomic E-state index is -0.145. The summed E-state index contributed by atoms with van der Waals surface area (Å²) >= 11 is 1.61. The van der Waals surface area contributed by atoms with Crippen LogP contribution in [-0.2, 0) is 20.9 Å². The molecule has 28 heavy (non-hydrogen) atoms. The summed E-state index contributed by atoms with van der Waals surface area (Å²) in [5, 5.41) is 7.85. The average Bonchev–Trinajstić information content (AvgIpc) is 3.20. The van der Waals surface area contributed by atoms with Gasteiger partial charge in [-0.05, 0) is 42.5 Å². The minimum absolute atomic E-state index is 0.0908. The fraction of sp³-hybridized carbons (Fsp3) is 0.381. The maximum Gasteiger partial charge on any atom is 0.270 e. The number of hydrogen-bond acceptors (Lipinski definition) is 5. The molecule has 0 N–H and O–H groups in total. The Labute approximate surface area is 169 Å². The van der Waals surface area contributed by atoms with Crippen molar-refractivity contribution in [3.8, 4) is 0 Å². The van der Waals surface area contributed by atoms with Gasteiger partial charge in [-0.25, -0.2) is 5.01 Å². The quantitative estimate of drug-likeness (QED) is 0.716. The number of carbonyl (C=O) groups excluding carboxylic acids is 2. The molecule has 2 heterocycles. The van der Waals surface area contributed by atoms with E-state index in [4.69, 9.17) is 4.74 Å². The Hall–Kier alpha value is -2.51. The third-order valence-corrected chi connectivity index (χ3v) is 5.51. The Kier molecular flexibility index (Phi) is 6.59. The highest BCUT2D eigenvalue weighted by Crippen LogP contribution is 2.26. The van der Waals surface area contributed by atoms with Crippen molar-refractivity contribution < 1.29 is 14.3 Å². The standard InChI is InChI=1S/C21H25N3O3S/c1-15-6-7-16(2)19(13-15)24-20(25)9-8-18(22-24)21(26)23(10-11-27-3)14-17-5-4-12-28-17/h4-7,12-13H,8-11,14H2,1-3H3. The molecule has 1 aliphatic rings. The highest BCUT2D eigenvalue weighted by atomic mass is 32.1. The third-order valence-electron chi connectivity index (χ3n) is 4.65. The van der Waals surface area contributed by atoms with Crippen molar-refractivity contribution in [2.75, 3.05) is 25.3 Å². The van der Waals surface area contributed by atoms with Crippen LogP contribution in [0, 0.1) is 13.8 Å². The van der Waals surface area contributed by atoms with Gasteiger partial charge < -0.3 is 9.64 Å². The van der Waals surface area contributed by atoms with Crippen LogP contribution in [0.3, 0.4) is 0 Å². The first-order chi connectivity index (χ1) is 13.5. The van der Waals surface area contributed by atoms with Crippen LogP contribution in [0.1, 0.15) is 28.8 Å². The molecule has 3 rings (SSSR count). The summed E-state index contributed by atoms with van der Waals surface area (Å²) in [4.78, 5) is 28.5. The molecule has 0 saturated carbocycles. The molecule has 0 unspecified atom stereocenters. The fourth-order valence-corrected chi connectivity index (χ4v) is 3.79. The Morgan fingerprint density at radius 2 is 2.11 bits per heavy atom. The molecule has 0 saturated heterocycles. The van der Waals surface area contributed by atoms with Gasteiger partial charge in [-0.3, -0.25) is 9.59 Å². The number of anilines is 1. The second-order valence-corrected chi connectivity index (χ2v) is 7.87. The topological polar surface area (TPSA) is 62.2 Å². The Morgan fingerprint density at radius 1 is 1.29 bits per heavy atom. The summed E-state index contributed by atoms with van der Waals surface area (Å²) in [5.41, 5.74) is 3.14. The molecule has 0 bridgehead atoms. The number of benzene rings is 1. The van der Waals surface area contributed by atoms with Crippen molar-refractivity contribution in [3.63, 3.8) is 0 Å². The van der Waals surface area contributed by atoms with E-state index >= 15 is 0 Å². The van der Waals surface area contributed by atoms with Gasteiger partial charge in [0.05, 0.1) is 18.8 Å². The number of amides is 2. The van der Waals surface area contributed by atoms with E-state index in [1.165, 1.54) is 5.01 Å². The van der Waals surface area contributed by atoms with Crippen LogP contribution in [-0.4, -0.2) is 42.7 Å². The van der Waals surface area contributed by atoms with Gasteiger partial charge in [-0.1, -0.05) is 18.2 Å². The van der Waals surface area contributed by atoms with Gasteiger partial charge in [-0.15, -0.1) is 11.3 Å². The first-order valence-electron chi connectivity index (χ1n) is 9.28. The summed E-state index contributed by atoms with van der Waals surface area (Å²) in [7, 11) is 1.62. The van der Waals surface area contributed by atoms with E-state index in [0.29, 0.717) is 31.8 Å². The Morgan fingerprint density at radius 3 is 2.82 bits per heavy atom. The predicted octanol–water partition coefficient (Wildman–Crippen LogP) is 3.52. The van der Waals surface area contributed by atoms with Crippen LogP contribution in [0.2, 0.25) is 0 Å². The second-order valence-electron chi connectivity index (χ2n) is 6.84. The van der Waals surface area contributed by atoms with Gasteiger partial charge in [0.1, 0.15) is 5.71 Å². The van der Waals surface area contributed by atoms with Crippen molar-refractivity contribution in [3.05, 3.63) is 51.7 Å². The number of rotatable bonds is 7. The lowest BCUT2D eigenvalue weighted by molar-refractivity contribution is -0.125. The second kappa shape index (κ2) is 9.12. The summed E-state index contributed by atoms with van der Waals surface area (Å²) in [6, 6.07) is 9.87. The van der Waals surface area contributed by atoms with Crippen molar-refractivity contribution in [2.24, 2.45) is 5.10 Å². The summed E-state index contributed by atoms with van der Waals surface area (Å²) in [5.74, 6) is -0.236. The number of hydrazone groups is 1. The van der Waals surface area contributed by atoms with E-state index in [0.717, 1.165) is 21.7 Å². The zero-order chi connectivity index (χ0) is 20.1. The SMILES string of the molecule is COCCN(Cc1cccs1)C(=O)C1=NN(c2cc(C)ccc2C)C(=O)CC1. The Bertz CT molecular complexity index is 877. The van der Waals surface area contributed by atoms with Crippen LogP contribution in [0.5, 0.6) is 0 Å². The molecule has 2 aromatic rings. The molecule has 0 radical (unpaired) electrons. The van der Waals surface area contributed by atoms with E-state index in [2.05, 4.69) is 5.10 Å². The lowest BCUT2D eigenvalue weighted by Crippen LogP contribution is -2.42. The van der Waals surface area contributed by atoms with E-state index < -0.39 is 0 Å². The van der Waals surface area contributed by atoms with Crippen LogP contribution in [0.4, 0.5) is 5.69 Å². The van der Waals surface area contributed by atoms with Gasteiger partial charge in [0.15, 0.2) is 0 Å². The molecule has 0 spiro atoms. The smallest absolute Gasteiger partial charge is 0.270 e. The average molecular weight is 400 g/mol. The minimum Gasteiger partial charge on any atom is -0.383 e. The molecular weight excluding hydrogens is 374 g/mol. The third kappa shape index (κ3) is 4.66. The molecule has 6 nitrogen and oxygen atoms in total.